The van der Waals surface area contributed by atoms with Gasteiger partial charge in [-0.1, -0.05) is 107 Å². The number of hydrogen-bond donors (Lipinski definition) is 0. The average Bonchev–Trinajstić information content (AvgIpc) is 2.66. The lowest BCUT2D eigenvalue weighted by molar-refractivity contribution is 1.37. The highest BCUT2D eigenvalue weighted by Gasteiger charge is 2.15. The first kappa shape index (κ1) is 18.3. The summed E-state index contributed by atoms with van der Waals surface area (Å²) in [7, 11) is 0. The van der Waals surface area contributed by atoms with E-state index in [1.165, 1.54) is 55.6 Å². The zero-order valence-electron chi connectivity index (χ0n) is 17.1. The summed E-state index contributed by atoms with van der Waals surface area (Å²) in [6, 6.07) is 31.1. The third-order valence-electron chi connectivity index (χ3n) is 5.19. The number of rotatable bonds is 3. The van der Waals surface area contributed by atoms with Crippen LogP contribution in [0.1, 0.15) is 22.3 Å². The van der Waals surface area contributed by atoms with Gasteiger partial charge in [-0.2, -0.15) is 0 Å². The van der Waals surface area contributed by atoms with E-state index in [0.717, 1.165) is 0 Å². The van der Waals surface area contributed by atoms with E-state index in [-0.39, 0.29) is 0 Å². The number of benzene rings is 4. The van der Waals surface area contributed by atoms with Crippen LogP contribution >= 0.6 is 0 Å². The molecule has 0 nitrogen and oxygen atoms in total. The molecule has 138 valence electrons. The minimum atomic E-state index is 1.25. The SMILES string of the molecule is Cc1cc(C)cc(-c2cccc(-c3ccccc3)c2-c2cc(C)cc(C)c2)c1. The van der Waals surface area contributed by atoms with Crippen LogP contribution in [0.15, 0.2) is 84.9 Å². The molecule has 0 spiro atoms. The molecule has 4 rings (SSSR count). The van der Waals surface area contributed by atoms with Gasteiger partial charge in [0.1, 0.15) is 0 Å². The Hall–Kier alpha value is -3.12. The summed E-state index contributed by atoms with van der Waals surface area (Å²) in [6.07, 6.45) is 0. The molecular weight excluding hydrogens is 336 g/mol. The molecule has 0 fully saturated rings. The van der Waals surface area contributed by atoms with Gasteiger partial charge in [-0.05, 0) is 61.1 Å². The van der Waals surface area contributed by atoms with E-state index < -0.39 is 0 Å². The summed E-state index contributed by atoms with van der Waals surface area (Å²) in [5.74, 6) is 0. The molecule has 0 radical (unpaired) electrons. The van der Waals surface area contributed by atoms with E-state index in [1.807, 2.05) is 0 Å². The molecule has 4 aromatic rings. The van der Waals surface area contributed by atoms with Crippen LogP contribution in [0.25, 0.3) is 33.4 Å². The van der Waals surface area contributed by atoms with E-state index in [0.29, 0.717) is 0 Å². The zero-order valence-corrected chi connectivity index (χ0v) is 17.1. The van der Waals surface area contributed by atoms with E-state index in [1.54, 1.807) is 0 Å². The Morgan fingerprint density at radius 1 is 0.393 bits per heavy atom. The van der Waals surface area contributed by atoms with Crippen LogP contribution in [-0.2, 0) is 0 Å². The molecule has 0 bridgehead atoms. The van der Waals surface area contributed by atoms with Gasteiger partial charge in [-0.25, -0.2) is 0 Å². The van der Waals surface area contributed by atoms with Gasteiger partial charge in [0, 0.05) is 0 Å². The van der Waals surface area contributed by atoms with Gasteiger partial charge in [0.05, 0.1) is 0 Å². The Bertz CT molecular complexity index is 1090. The Kier molecular flexibility index (Phi) is 4.88. The number of aryl methyl sites for hydroxylation is 4. The molecule has 0 unspecified atom stereocenters. The van der Waals surface area contributed by atoms with Crippen molar-refractivity contribution in [3.63, 3.8) is 0 Å². The lowest BCUT2D eigenvalue weighted by Crippen LogP contribution is -1.93. The molecule has 0 aliphatic rings. The zero-order chi connectivity index (χ0) is 19.7. The third kappa shape index (κ3) is 3.64. The Labute approximate surface area is 168 Å². The maximum Gasteiger partial charge on any atom is -0.00266 e. The Balaban J connectivity index is 2.07. The summed E-state index contributed by atoms with van der Waals surface area (Å²) < 4.78 is 0. The van der Waals surface area contributed by atoms with Gasteiger partial charge in [0.15, 0.2) is 0 Å². The predicted octanol–water partition coefficient (Wildman–Crippen LogP) is 7.92. The Morgan fingerprint density at radius 3 is 1.39 bits per heavy atom. The van der Waals surface area contributed by atoms with Crippen LogP contribution in [-0.4, -0.2) is 0 Å². The van der Waals surface area contributed by atoms with Crippen LogP contribution in [0.2, 0.25) is 0 Å². The first-order valence-electron chi connectivity index (χ1n) is 9.87. The predicted molar refractivity (Wildman–Crippen MR) is 122 cm³/mol. The number of hydrogen-bond acceptors (Lipinski definition) is 0. The highest BCUT2D eigenvalue weighted by atomic mass is 14.2. The van der Waals surface area contributed by atoms with Gasteiger partial charge in [0.25, 0.3) is 0 Å². The van der Waals surface area contributed by atoms with Crippen LogP contribution in [0, 0.1) is 27.7 Å². The van der Waals surface area contributed by atoms with Gasteiger partial charge >= 0.3 is 0 Å². The minimum Gasteiger partial charge on any atom is -0.0622 e. The topological polar surface area (TPSA) is 0 Å². The van der Waals surface area contributed by atoms with E-state index in [4.69, 9.17) is 0 Å². The smallest absolute Gasteiger partial charge is 0.00266 e. The van der Waals surface area contributed by atoms with E-state index in [2.05, 4.69) is 113 Å². The van der Waals surface area contributed by atoms with Crippen molar-refractivity contribution in [1.29, 1.82) is 0 Å². The first-order chi connectivity index (χ1) is 13.5. The second-order valence-electron chi connectivity index (χ2n) is 7.85. The standard InChI is InChI=1S/C28H26/c1-19-13-20(2)16-24(15-19)27-12-8-11-26(23-9-6-5-7-10-23)28(27)25-17-21(3)14-22(4)18-25/h5-18H,1-4H3. The highest BCUT2D eigenvalue weighted by Crippen LogP contribution is 2.41. The maximum atomic E-state index is 2.31. The largest absolute Gasteiger partial charge is 0.0622 e. The lowest BCUT2D eigenvalue weighted by atomic mass is 9.86. The molecular formula is C28H26. The van der Waals surface area contributed by atoms with Crippen LogP contribution in [0.3, 0.4) is 0 Å². The molecule has 0 aliphatic heterocycles. The van der Waals surface area contributed by atoms with Crippen LogP contribution in [0.5, 0.6) is 0 Å². The molecule has 28 heavy (non-hydrogen) atoms. The van der Waals surface area contributed by atoms with Crippen molar-refractivity contribution < 1.29 is 0 Å². The molecule has 0 atom stereocenters. The molecule has 4 aromatic carbocycles. The normalized spacial score (nSPS) is 10.9. The van der Waals surface area contributed by atoms with Crippen molar-refractivity contribution in [2.75, 3.05) is 0 Å². The van der Waals surface area contributed by atoms with E-state index in [9.17, 15) is 0 Å². The molecule has 0 heterocycles. The van der Waals surface area contributed by atoms with Gasteiger partial charge in [0.2, 0.25) is 0 Å². The first-order valence-corrected chi connectivity index (χ1v) is 9.87. The second kappa shape index (κ2) is 7.48. The van der Waals surface area contributed by atoms with Gasteiger partial charge < -0.3 is 0 Å². The highest BCUT2D eigenvalue weighted by molar-refractivity contribution is 5.94. The third-order valence-corrected chi connectivity index (χ3v) is 5.19. The van der Waals surface area contributed by atoms with Crippen molar-refractivity contribution >= 4 is 0 Å². The summed E-state index contributed by atoms with van der Waals surface area (Å²) in [4.78, 5) is 0. The van der Waals surface area contributed by atoms with E-state index >= 15 is 0 Å². The van der Waals surface area contributed by atoms with Crippen molar-refractivity contribution in [2.24, 2.45) is 0 Å². The fourth-order valence-corrected chi connectivity index (χ4v) is 4.21. The Morgan fingerprint density at radius 2 is 0.857 bits per heavy atom. The quantitative estimate of drug-likeness (QED) is 0.347. The lowest BCUT2D eigenvalue weighted by Gasteiger charge is -2.18. The maximum absolute atomic E-state index is 2.31. The average molecular weight is 363 g/mol. The summed E-state index contributed by atoms with van der Waals surface area (Å²) in [6.45, 7) is 8.71. The van der Waals surface area contributed by atoms with Gasteiger partial charge in [-0.3, -0.25) is 0 Å². The monoisotopic (exact) mass is 362 g/mol. The second-order valence-corrected chi connectivity index (χ2v) is 7.85. The van der Waals surface area contributed by atoms with Gasteiger partial charge in [-0.15, -0.1) is 0 Å². The molecule has 0 aromatic heterocycles. The van der Waals surface area contributed by atoms with Crippen molar-refractivity contribution in [3.8, 4) is 33.4 Å². The molecule has 0 heteroatoms. The summed E-state index contributed by atoms with van der Waals surface area (Å²) in [5, 5.41) is 0. The van der Waals surface area contributed by atoms with Crippen LogP contribution < -0.4 is 0 Å². The summed E-state index contributed by atoms with van der Waals surface area (Å²) >= 11 is 0. The van der Waals surface area contributed by atoms with Crippen molar-refractivity contribution in [1.82, 2.24) is 0 Å². The van der Waals surface area contributed by atoms with Crippen molar-refractivity contribution in [3.05, 3.63) is 107 Å². The minimum absolute atomic E-state index is 1.25. The van der Waals surface area contributed by atoms with Crippen LogP contribution in [0.4, 0.5) is 0 Å². The fraction of sp³-hybridized carbons (Fsp3) is 0.143. The summed E-state index contributed by atoms with van der Waals surface area (Å²) in [5.41, 5.74) is 12.9. The fourth-order valence-electron chi connectivity index (χ4n) is 4.21. The molecule has 0 aliphatic carbocycles. The molecule has 0 saturated carbocycles. The molecule has 0 amide bonds. The molecule has 0 N–H and O–H groups in total. The van der Waals surface area contributed by atoms with Crippen molar-refractivity contribution in [2.45, 2.75) is 27.7 Å². The molecule has 0 saturated heterocycles.